The Bertz CT molecular complexity index is 960. The number of hydrogen-bond acceptors (Lipinski definition) is 6. The lowest BCUT2D eigenvalue weighted by atomic mass is 10.2. The molecule has 2 aromatic carbocycles. The van der Waals surface area contributed by atoms with Crippen molar-refractivity contribution >= 4 is 24.2 Å². The molecule has 0 aromatic heterocycles. The minimum absolute atomic E-state index is 0. The molecule has 0 unspecified atom stereocenters. The van der Waals surface area contributed by atoms with Crippen LogP contribution in [0.15, 0.2) is 36.4 Å². The van der Waals surface area contributed by atoms with Crippen molar-refractivity contribution in [2.45, 2.75) is 12.6 Å². The average molecular weight is 437 g/mol. The van der Waals surface area contributed by atoms with Crippen molar-refractivity contribution in [3.05, 3.63) is 53.3 Å². The molecule has 9 heteroatoms. The van der Waals surface area contributed by atoms with Crippen LogP contribution in [0.1, 0.15) is 11.1 Å². The van der Waals surface area contributed by atoms with Crippen LogP contribution in [0.5, 0.6) is 11.5 Å². The van der Waals surface area contributed by atoms with E-state index in [4.69, 9.17) is 25.1 Å². The largest absolute Gasteiger partial charge is 0.493 e. The number of nitrogens with zero attached hydrogens (tertiary/aromatic N) is 1. The van der Waals surface area contributed by atoms with Crippen LogP contribution in [0, 0.1) is 17.7 Å². The molecule has 0 spiro atoms. The second-order valence-electron chi connectivity index (χ2n) is 6.24. The summed E-state index contributed by atoms with van der Waals surface area (Å²) in [7, 11) is 1.53. The van der Waals surface area contributed by atoms with Gasteiger partial charge in [-0.05, 0) is 35.9 Å². The molecule has 3 rings (SSSR count). The van der Waals surface area contributed by atoms with E-state index >= 15 is 0 Å². The lowest BCUT2D eigenvalue weighted by Crippen LogP contribution is -2.25. The van der Waals surface area contributed by atoms with Crippen LogP contribution < -0.4 is 20.1 Å². The number of rotatable bonds is 6. The fourth-order valence-electron chi connectivity index (χ4n) is 2.81. The van der Waals surface area contributed by atoms with Crippen molar-refractivity contribution < 1.29 is 28.5 Å². The number of carbonyl (C=O) groups excluding carboxylic acids is 1. The van der Waals surface area contributed by atoms with Crippen LogP contribution in [-0.4, -0.2) is 44.2 Å². The van der Waals surface area contributed by atoms with E-state index in [-0.39, 0.29) is 37.7 Å². The van der Waals surface area contributed by atoms with Gasteiger partial charge in [-0.25, -0.2) is 9.18 Å². The topological polar surface area (TPSA) is 94.2 Å². The number of cyclic esters (lactones) is 1. The Labute approximate surface area is 179 Å². The number of carbonyl (C=O) groups is 1. The van der Waals surface area contributed by atoms with Crippen molar-refractivity contribution in [3.8, 4) is 23.3 Å². The lowest BCUT2D eigenvalue weighted by molar-refractivity contribution is 0.0963. The Hall–Kier alpha value is -2.99. The quantitative estimate of drug-likeness (QED) is 0.675. The fourth-order valence-corrected chi connectivity index (χ4v) is 2.81. The highest BCUT2D eigenvalue weighted by Gasteiger charge is 2.32. The van der Waals surface area contributed by atoms with Gasteiger partial charge in [0.15, 0.2) is 11.5 Å². The summed E-state index contributed by atoms with van der Waals surface area (Å²) in [5.74, 6) is 5.95. The highest BCUT2D eigenvalue weighted by Crippen LogP contribution is 2.28. The molecule has 1 atom stereocenters. The third kappa shape index (κ3) is 5.33. The smallest absolute Gasteiger partial charge is 0.414 e. The zero-order chi connectivity index (χ0) is 20.8. The first-order chi connectivity index (χ1) is 14.0. The minimum Gasteiger partial charge on any atom is -0.493 e. The van der Waals surface area contributed by atoms with Crippen molar-refractivity contribution in [2.75, 3.05) is 31.8 Å². The molecule has 0 radical (unpaired) electrons. The molecule has 30 heavy (non-hydrogen) atoms. The number of nitrogens with two attached hydrogens (primary N) is 1. The summed E-state index contributed by atoms with van der Waals surface area (Å²) in [6, 6.07) is 9.63. The third-order valence-electron chi connectivity index (χ3n) is 4.33. The zero-order valence-electron chi connectivity index (χ0n) is 16.3. The van der Waals surface area contributed by atoms with Gasteiger partial charge in [-0.3, -0.25) is 4.90 Å². The molecule has 1 fully saturated rings. The van der Waals surface area contributed by atoms with E-state index in [0.29, 0.717) is 23.7 Å². The summed E-state index contributed by atoms with van der Waals surface area (Å²) in [4.78, 5) is 13.1. The van der Waals surface area contributed by atoms with Crippen LogP contribution in [0.4, 0.5) is 14.9 Å². The van der Waals surface area contributed by atoms with Gasteiger partial charge in [0, 0.05) is 6.54 Å². The fraction of sp³-hybridized carbons (Fsp3) is 0.286. The Balaban J connectivity index is 0.00000320. The van der Waals surface area contributed by atoms with Crippen LogP contribution in [0.2, 0.25) is 0 Å². The molecule has 7 nitrogen and oxygen atoms in total. The molecule has 1 aliphatic heterocycles. The second kappa shape index (κ2) is 10.7. The van der Waals surface area contributed by atoms with Gasteiger partial charge in [0.25, 0.3) is 0 Å². The van der Waals surface area contributed by atoms with E-state index in [1.807, 2.05) is 6.07 Å². The van der Waals surface area contributed by atoms with Gasteiger partial charge in [-0.1, -0.05) is 17.9 Å². The molecule has 2 aromatic rings. The number of benzene rings is 2. The monoisotopic (exact) mass is 436 g/mol. The van der Waals surface area contributed by atoms with Crippen LogP contribution in [-0.2, 0) is 11.3 Å². The van der Waals surface area contributed by atoms with E-state index in [9.17, 15) is 9.18 Å². The first-order valence-electron chi connectivity index (χ1n) is 8.93. The van der Waals surface area contributed by atoms with E-state index < -0.39 is 18.0 Å². The van der Waals surface area contributed by atoms with Crippen LogP contribution in [0.3, 0.4) is 0 Å². The first kappa shape index (κ1) is 23.3. The molecule has 0 aliphatic carbocycles. The Morgan fingerprint density at radius 3 is 2.73 bits per heavy atom. The molecular weight excluding hydrogens is 415 g/mol. The number of aliphatic hydroxyl groups excluding tert-OH is 1. The van der Waals surface area contributed by atoms with Crippen molar-refractivity contribution in [3.63, 3.8) is 0 Å². The molecule has 3 N–H and O–H groups in total. The number of amides is 1. The van der Waals surface area contributed by atoms with Crippen LogP contribution >= 0.6 is 12.4 Å². The molecule has 0 saturated carbocycles. The highest BCUT2D eigenvalue weighted by molar-refractivity contribution is 5.89. The lowest BCUT2D eigenvalue weighted by Gasteiger charge is -2.13. The molecule has 1 heterocycles. The highest BCUT2D eigenvalue weighted by atomic mass is 35.5. The number of methoxy groups -OCH3 is 1. The molecule has 1 amide bonds. The van der Waals surface area contributed by atoms with Crippen molar-refractivity contribution in [1.82, 2.24) is 0 Å². The molecule has 0 bridgehead atoms. The Morgan fingerprint density at radius 1 is 1.30 bits per heavy atom. The third-order valence-corrected chi connectivity index (χ3v) is 4.33. The zero-order valence-corrected chi connectivity index (χ0v) is 17.1. The van der Waals surface area contributed by atoms with E-state index in [0.717, 1.165) is 5.56 Å². The summed E-state index contributed by atoms with van der Waals surface area (Å²) < 4.78 is 30.2. The standard InChI is InChI=1S/C21H21FN2O5.ClH/c1-27-19-7-4-14(11-23)9-20(19)28-8-2-3-15-5-6-16(10-18(15)22)24-12-17(13-25)29-21(24)26;/h4-7,9-10,17,25H,8,11-13,23H2,1H3;1H/t17-;/m1./s1. The first-order valence-corrected chi connectivity index (χ1v) is 8.93. The predicted molar refractivity (Wildman–Crippen MR) is 112 cm³/mol. The summed E-state index contributed by atoms with van der Waals surface area (Å²) in [5.41, 5.74) is 7.03. The maximum absolute atomic E-state index is 14.4. The number of anilines is 1. The van der Waals surface area contributed by atoms with Gasteiger partial charge in [0.1, 0.15) is 18.5 Å². The number of ether oxygens (including phenoxy) is 3. The van der Waals surface area contributed by atoms with E-state index in [2.05, 4.69) is 11.8 Å². The number of halogens is 2. The Kier molecular flexibility index (Phi) is 8.30. The number of hydrogen-bond donors (Lipinski definition) is 2. The second-order valence-corrected chi connectivity index (χ2v) is 6.24. The van der Waals surface area contributed by atoms with Gasteiger partial charge >= 0.3 is 6.09 Å². The summed E-state index contributed by atoms with van der Waals surface area (Å²) in [6.45, 7) is 0.278. The van der Waals surface area contributed by atoms with E-state index in [1.54, 1.807) is 18.2 Å². The summed E-state index contributed by atoms with van der Waals surface area (Å²) in [5, 5.41) is 9.09. The molecule has 160 valence electrons. The van der Waals surface area contributed by atoms with Gasteiger partial charge in [-0.15, -0.1) is 12.4 Å². The number of aliphatic hydroxyl groups is 1. The van der Waals surface area contributed by atoms with Crippen molar-refractivity contribution in [1.29, 1.82) is 0 Å². The Morgan fingerprint density at radius 2 is 2.10 bits per heavy atom. The van der Waals surface area contributed by atoms with Gasteiger partial charge in [-0.2, -0.15) is 0 Å². The van der Waals surface area contributed by atoms with E-state index in [1.165, 1.54) is 24.1 Å². The average Bonchev–Trinajstić information content (AvgIpc) is 3.12. The van der Waals surface area contributed by atoms with Gasteiger partial charge < -0.3 is 25.1 Å². The van der Waals surface area contributed by atoms with Gasteiger partial charge in [0.2, 0.25) is 0 Å². The maximum atomic E-state index is 14.4. The predicted octanol–water partition coefficient (Wildman–Crippen LogP) is 2.46. The summed E-state index contributed by atoms with van der Waals surface area (Å²) in [6.07, 6.45) is -1.23. The molecular formula is C21H22ClFN2O5. The maximum Gasteiger partial charge on any atom is 0.414 e. The molecule has 1 aliphatic rings. The SMILES string of the molecule is COc1ccc(CN)cc1OCC#Cc1ccc(N2C[C@H](CO)OC2=O)cc1F.Cl. The van der Waals surface area contributed by atoms with Crippen LogP contribution in [0.25, 0.3) is 0 Å². The summed E-state index contributed by atoms with van der Waals surface area (Å²) >= 11 is 0. The minimum atomic E-state index is -0.621. The molecule has 1 saturated heterocycles. The normalized spacial score (nSPS) is 15.0. The van der Waals surface area contributed by atoms with Crippen molar-refractivity contribution in [2.24, 2.45) is 5.73 Å². The van der Waals surface area contributed by atoms with Gasteiger partial charge in [0.05, 0.1) is 31.5 Å².